The van der Waals surface area contributed by atoms with Crippen LogP contribution < -0.4 is 5.32 Å². The van der Waals surface area contributed by atoms with Crippen LogP contribution in [0, 0.1) is 0 Å². The van der Waals surface area contributed by atoms with Gasteiger partial charge in [0.15, 0.2) is 0 Å². The van der Waals surface area contributed by atoms with Crippen molar-refractivity contribution >= 4 is 11.8 Å². The summed E-state index contributed by atoms with van der Waals surface area (Å²) in [5.74, 6) is -0.0159. The molecule has 0 aromatic heterocycles. The van der Waals surface area contributed by atoms with E-state index < -0.39 is 5.54 Å². The molecule has 1 saturated heterocycles. The lowest BCUT2D eigenvalue weighted by atomic mass is 9.94. The second-order valence-corrected chi connectivity index (χ2v) is 5.61. The molecule has 1 fully saturated rings. The first-order valence-electron chi connectivity index (χ1n) is 5.84. The number of nitrogens with zero attached hydrogens (tertiary/aromatic N) is 1. The number of carbonyl (C=O) groups is 2. The Labute approximate surface area is 97.4 Å². The molecular formula is C12H22N2O2. The predicted octanol–water partition coefficient (Wildman–Crippen LogP) is 1.30. The first kappa shape index (κ1) is 13.0. The second-order valence-electron chi connectivity index (χ2n) is 5.61. The van der Waals surface area contributed by atoms with E-state index in [0.717, 1.165) is 0 Å². The van der Waals surface area contributed by atoms with E-state index in [1.54, 1.807) is 11.8 Å². The van der Waals surface area contributed by atoms with Crippen LogP contribution in [0.5, 0.6) is 0 Å². The molecule has 0 radical (unpaired) electrons. The molecule has 0 spiro atoms. The highest BCUT2D eigenvalue weighted by atomic mass is 16.2. The van der Waals surface area contributed by atoms with E-state index in [1.807, 2.05) is 27.7 Å². The molecule has 0 bridgehead atoms. The lowest BCUT2D eigenvalue weighted by molar-refractivity contribution is -0.142. The van der Waals surface area contributed by atoms with Gasteiger partial charge in [-0.2, -0.15) is 0 Å². The van der Waals surface area contributed by atoms with Crippen molar-refractivity contribution in [2.24, 2.45) is 0 Å². The van der Waals surface area contributed by atoms with Gasteiger partial charge in [-0.1, -0.05) is 6.92 Å². The Morgan fingerprint density at radius 1 is 1.38 bits per heavy atom. The minimum Gasteiger partial charge on any atom is -0.342 e. The van der Waals surface area contributed by atoms with Crippen LogP contribution in [0.2, 0.25) is 0 Å². The number of rotatable bonds is 1. The van der Waals surface area contributed by atoms with E-state index in [0.29, 0.717) is 19.4 Å². The highest BCUT2D eigenvalue weighted by Gasteiger charge is 2.42. The zero-order valence-corrected chi connectivity index (χ0v) is 10.9. The van der Waals surface area contributed by atoms with Crippen molar-refractivity contribution in [1.29, 1.82) is 0 Å². The molecule has 1 aliphatic rings. The lowest BCUT2D eigenvalue weighted by Crippen LogP contribution is -2.58. The Morgan fingerprint density at radius 2 is 1.94 bits per heavy atom. The Bertz CT molecular complexity index is 307. The van der Waals surface area contributed by atoms with E-state index >= 15 is 0 Å². The summed E-state index contributed by atoms with van der Waals surface area (Å²) in [6.45, 7) is 10.2. The predicted molar refractivity (Wildman–Crippen MR) is 62.9 cm³/mol. The standard InChI is InChI=1S/C12H22N2O2/c1-6-12(5)10(16)14(11(2,3)4)8-7-9(15)13-12/h6-8H2,1-5H3,(H,13,15). The van der Waals surface area contributed by atoms with Crippen molar-refractivity contribution in [1.82, 2.24) is 10.2 Å². The van der Waals surface area contributed by atoms with Gasteiger partial charge < -0.3 is 10.2 Å². The van der Waals surface area contributed by atoms with Crippen LogP contribution in [0.1, 0.15) is 47.5 Å². The summed E-state index contributed by atoms with van der Waals surface area (Å²) >= 11 is 0. The van der Waals surface area contributed by atoms with Crippen LogP contribution in [-0.2, 0) is 9.59 Å². The molecule has 4 nitrogen and oxygen atoms in total. The lowest BCUT2D eigenvalue weighted by Gasteiger charge is -2.39. The highest BCUT2D eigenvalue weighted by Crippen LogP contribution is 2.23. The van der Waals surface area contributed by atoms with Gasteiger partial charge in [0, 0.05) is 18.5 Å². The minimum absolute atomic E-state index is 0.0216. The van der Waals surface area contributed by atoms with Gasteiger partial charge in [0.05, 0.1) is 0 Å². The molecular weight excluding hydrogens is 204 g/mol. The Morgan fingerprint density at radius 3 is 2.38 bits per heavy atom. The van der Waals surface area contributed by atoms with Gasteiger partial charge in [0.2, 0.25) is 11.8 Å². The van der Waals surface area contributed by atoms with E-state index in [-0.39, 0.29) is 17.4 Å². The number of carbonyl (C=O) groups excluding carboxylic acids is 2. The molecule has 1 aliphatic heterocycles. The molecule has 1 heterocycles. The largest absolute Gasteiger partial charge is 0.342 e. The number of hydrogen-bond acceptors (Lipinski definition) is 2. The van der Waals surface area contributed by atoms with Gasteiger partial charge in [-0.15, -0.1) is 0 Å². The summed E-state index contributed by atoms with van der Waals surface area (Å²) in [5, 5.41) is 2.83. The molecule has 0 aromatic rings. The van der Waals surface area contributed by atoms with Crippen molar-refractivity contribution in [2.45, 2.75) is 58.5 Å². The third-order valence-electron chi connectivity index (χ3n) is 3.21. The second kappa shape index (κ2) is 4.07. The smallest absolute Gasteiger partial charge is 0.248 e. The van der Waals surface area contributed by atoms with E-state index in [4.69, 9.17) is 0 Å². The maximum absolute atomic E-state index is 12.4. The topological polar surface area (TPSA) is 49.4 Å². The zero-order valence-electron chi connectivity index (χ0n) is 10.9. The summed E-state index contributed by atoms with van der Waals surface area (Å²) < 4.78 is 0. The first-order chi connectivity index (χ1) is 7.20. The van der Waals surface area contributed by atoms with Crippen LogP contribution in [0.3, 0.4) is 0 Å². The van der Waals surface area contributed by atoms with Crippen LogP contribution in [0.25, 0.3) is 0 Å². The molecule has 1 unspecified atom stereocenters. The Balaban J connectivity index is 3.06. The first-order valence-corrected chi connectivity index (χ1v) is 5.84. The van der Waals surface area contributed by atoms with Gasteiger partial charge in [-0.25, -0.2) is 0 Å². The van der Waals surface area contributed by atoms with Gasteiger partial charge in [-0.05, 0) is 34.1 Å². The Hall–Kier alpha value is -1.06. The van der Waals surface area contributed by atoms with E-state index in [2.05, 4.69) is 5.32 Å². The molecule has 1 atom stereocenters. The van der Waals surface area contributed by atoms with Crippen molar-refractivity contribution in [3.8, 4) is 0 Å². The molecule has 2 amide bonds. The average Bonchev–Trinajstić information content (AvgIpc) is 2.25. The van der Waals surface area contributed by atoms with E-state index in [9.17, 15) is 9.59 Å². The molecule has 0 aromatic carbocycles. The maximum atomic E-state index is 12.4. The van der Waals surface area contributed by atoms with E-state index in [1.165, 1.54) is 0 Å². The Kier molecular flexibility index (Phi) is 3.31. The van der Waals surface area contributed by atoms with Gasteiger partial charge in [0.25, 0.3) is 0 Å². The van der Waals surface area contributed by atoms with Crippen molar-refractivity contribution in [3.63, 3.8) is 0 Å². The monoisotopic (exact) mass is 226 g/mol. The van der Waals surface area contributed by atoms with Crippen LogP contribution in [0.4, 0.5) is 0 Å². The summed E-state index contributed by atoms with van der Waals surface area (Å²) in [4.78, 5) is 25.8. The van der Waals surface area contributed by atoms with Crippen LogP contribution >= 0.6 is 0 Å². The molecule has 1 N–H and O–H groups in total. The SMILES string of the molecule is CCC1(C)NC(=O)CCN(C(C)(C)C)C1=O. The molecule has 16 heavy (non-hydrogen) atoms. The van der Waals surface area contributed by atoms with Gasteiger partial charge in [0.1, 0.15) is 5.54 Å². The molecule has 92 valence electrons. The summed E-state index contributed by atoms with van der Waals surface area (Å²) in [5.41, 5.74) is -0.985. The zero-order chi connectivity index (χ0) is 12.6. The number of hydrogen-bond donors (Lipinski definition) is 1. The maximum Gasteiger partial charge on any atom is 0.248 e. The van der Waals surface area contributed by atoms with Crippen LogP contribution in [0.15, 0.2) is 0 Å². The fraction of sp³-hybridized carbons (Fsp3) is 0.833. The number of nitrogens with one attached hydrogen (secondary N) is 1. The third kappa shape index (κ3) is 2.36. The normalized spacial score (nSPS) is 27.7. The summed E-state index contributed by atoms with van der Waals surface area (Å²) in [7, 11) is 0. The molecule has 1 rings (SSSR count). The summed E-state index contributed by atoms with van der Waals surface area (Å²) in [6.07, 6.45) is 1.00. The number of amides is 2. The highest BCUT2D eigenvalue weighted by molar-refractivity contribution is 5.93. The van der Waals surface area contributed by atoms with Crippen LogP contribution in [-0.4, -0.2) is 34.3 Å². The average molecular weight is 226 g/mol. The fourth-order valence-electron chi connectivity index (χ4n) is 1.92. The fourth-order valence-corrected chi connectivity index (χ4v) is 1.92. The van der Waals surface area contributed by atoms with Crippen molar-refractivity contribution in [2.75, 3.05) is 6.54 Å². The molecule has 0 aliphatic carbocycles. The third-order valence-corrected chi connectivity index (χ3v) is 3.21. The van der Waals surface area contributed by atoms with Crippen molar-refractivity contribution in [3.05, 3.63) is 0 Å². The summed E-state index contributed by atoms with van der Waals surface area (Å²) in [6, 6.07) is 0. The molecule has 4 heteroatoms. The minimum atomic E-state index is -0.749. The molecule has 0 saturated carbocycles. The quantitative estimate of drug-likeness (QED) is 0.732. The van der Waals surface area contributed by atoms with Crippen molar-refractivity contribution < 1.29 is 9.59 Å². The van der Waals surface area contributed by atoms with Gasteiger partial charge >= 0.3 is 0 Å². The van der Waals surface area contributed by atoms with Gasteiger partial charge in [-0.3, -0.25) is 9.59 Å².